The molecule has 6 N–H and O–H groups in total. The number of aliphatic hydroxyl groups is 2. The molecule has 0 radical (unpaired) electrons. The van der Waals surface area contributed by atoms with Crippen molar-refractivity contribution in [3.05, 3.63) is 0 Å². The Labute approximate surface area is 176 Å². The van der Waals surface area contributed by atoms with Crippen molar-refractivity contribution >= 4 is 24.0 Å². The van der Waals surface area contributed by atoms with Crippen LogP contribution in [0.1, 0.15) is 41.5 Å². The highest BCUT2D eigenvalue weighted by molar-refractivity contribution is 5.87. The highest BCUT2D eigenvalue weighted by Gasteiger charge is 2.25. The molecule has 2 unspecified atom stereocenters. The topological polar surface area (TPSA) is 175 Å². The molecule has 0 aromatic carbocycles. The molecule has 0 heterocycles. The van der Waals surface area contributed by atoms with E-state index in [2.05, 4.69) is 21.3 Å². The van der Waals surface area contributed by atoms with Crippen LogP contribution in [0.5, 0.6) is 0 Å². The van der Waals surface area contributed by atoms with E-state index in [1.807, 2.05) is 0 Å². The number of aliphatic hydroxyl groups excluding tert-OH is 2. The standard InChI is InChI=1S/C18H34N4O8/c1-17(2,3)29-15(27)21-11(9-23)13(25)19-7-8-20-14(26)12(10-24)22-16(28)30-18(4,5)6/h11-12,23-24H,7-10H2,1-6H3,(H,19,25)(H,20,26)(H,21,27)(H,22,28). The van der Waals surface area contributed by atoms with Crippen molar-refractivity contribution in [2.24, 2.45) is 0 Å². The first kappa shape index (κ1) is 27.4. The van der Waals surface area contributed by atoms with Crippen LogP contribution in [0.3, 0.4) is 0 Å². The molecule has 30 heavy (non-hydrogen) atoms. The predicted molar refractivity (Wildman–Crippen MR) is 107 cm³/mol. The van der Waals surface area contributed by atoms with Crippen molar-refractivity contribution in [3.63, 3.8) is 0 Å². The fourth-order valence-electron chi connectivity index (χ4n) is 1.91. The van der Waals surface area contributed by atoms with E-state index in [-0.39, 0.29) is 13.1 Å². The molecular formula is C18H34N4O8. The summed E-state index contributed by atoms with van der Waals surface area (Å²) in [5.41, 5.74) is -1.52. The summed E-state index contributed by atoms with van der Waals surface area (Å²) in [5, 5.41) is 27.9. The van der Waals surface area contributed by atoms with Gasteiger partial charge in [-0.05, 0) is 41.5 Å². The van der Waals surface area contributed by atoms with Crippen molar-refractivity contribution < 1.29 is 38.9 Å². The molecule has 12 heteroatoms. The van der Waals surface area contributed by atoms with Crippen LogP contribution in [0, 0.1) is 0 Å². The molecule has 12 nitrogen and oxygen atoms in total. The van der Waals surface area contributed by atoms with Gasteiger partial charge in [-0.1, -0.05) is 0 Å². The lowest BCUT2D eigenvalue weighted by Crippen LogP contribution is -2.53. The van der Waals surface area contributed by atoms with Crippen LogP contribution in [-0.4, -0.2) is 83.8 Å². The van der Waals surface area contributed by atoms with Gasteiger partial charge in [0.25, 0.3) is 0 Å². The minimum atomic E-state index is -1.23. The first-order valence-electron chi connectivity index (χ1n) is 9.44. The third kappa shape index (κ3) is 12.8. The average Bonchev–Trinajstić information content (AvgIpc) is 2.57. The third-order valence-electron chi connectivity index (χ3n) is 3.10. The Morgan fingerprint density at radius 3 is 1.23 bits per heavy atom. The van der Waals surface area contributed by atoms with Crippen LogP contribution in [0.2, 0.25) is 0 Å². The zero-order chi connectivity index (χ0) is 23.5. The molecule has 0 aliphatic rings. The maximum absolute atomic E-state index is 12.0. The first-order chi connectivity index (χ1) is 13.7. The Kier molecular flexibility index (Phi) is 11.1. The number of hydrogen-bond acceptors (Lipinski definition) is 8. The van der Waals surface area contributed by atoms with Gasteiger partial charge in [0.15, 0.2) is 0 Å². The van der Waals surface area contributed by atoms with E-state index in [4.69, 9.17) is 9.47 Å². The maximum atomic E-state index is 12.0. The van der Waals surface area contributed by atoms with E-state index in [1.54, 1.807) is 41.5 Å². The van der Waals surface area contributed by atoms with E-state index < -0.39 is 60.5 Å². The number of rotatable bonds is 9. The molecule has 0 bridgehead atoms. The fraction of sp³-hybridized carbons (Fsp3) is 0.778. The van der Waals surface area contributed by atoms with Crippen LogP contribution in [-0.2, 0) is 19.1 Å². The summed E-state index contributed by atoms with van der Waals surface area (Å²) in [6.07, 6.45) is -1.71. The number of carbonyl (C=O) groups excluding carboxylic acids is 4. The summed E-state index contributed by atoms with van der Waals surface area (Å²) in [7, 11) is 0. The zero-order valence-corrected chi connectivity index (χ0v) is 18.3. The molecule has 0 aliphatic heterocycles. The second-order valence-electron chi connectivity index (χ2n) is 8.34. The summed E-state index contributed by atoms with van der Waals surface area (Å²) in [6.45, 7) is 8.57. The minimum Gasteiger partial charge on any atom is -0.444 e. The predicted octanol–water partition coefficient (Wildman–Crippen LogP) is -1.01. The van der Waals surface area contributed by atoms with Crippen molar-refractivity contribution in [3.8, 4) is 0 Å². The van der Waals surface area contributed by atoms with Gasteiger partial charge in [0.05, 0.1) is 13.2 Å². The molecule has 0 aromatic heterocycles. The highest BCUT2D eigenvalue weighted by atomic mass is 16.6. The minimum absolute atomic E-state index is 0.0261. The zero-order valence-electron chi connectivity index (χ0n) is 18.3. The average molecular weight is 434 g/mol. The van der Waals surface area contributed by atoms with Crippen LogP contribution < -0.4 is 21.3 Å². The molecule has 0 fully saturated rings. The maximum Gasteiger partial charge on any atom is 0.408 e. The van der Waals surface area contributed by atoms with E-state index in [1.165, 1.54) is 0 Å². The van der Waals surface area contributed by atoms with Gasteiger partial charge in [0, 0.05) is 13.1 Å². The second-order valence-corrected chi connectivity index (χ2v) is 8.34. The molecule has 2 atom stereocenters. The van der Waals surface area contributed by atoms with Gasteiger partial charge in [-0.25, -0.2) is 9.59 Å². The molecule has 0 rings (SSSR count). The molecule has 0 aliphatic carbocycles. The summed E-state index contributed by atoms with van der Waals surface area (Å²) in [6, 6.07) is -2.45. The number of alkyl carbamates (subject to hydrolysis) is 2. The first-order valence-corrected chi connectivity index (χ1v) is 9.44. The highest BCUT2D eigenvalue weighted by Crippen LogP contribution is 2.07. The quantitative estimate of drug-likeness (QED) is 0.250. The van der Waals surface area contributed by atoms with Crippen LogP contribution >= 0.6 is 0 Å². The lowest BCUT2D eigenvalue weighted by atomic mass is 10.2. The fourth-order valence-corrected chi connectivity index (χ4v) is 1.91. The Balaban J connectivity index is 4.39. The van der Waals surface area contributed by atoms with Gasteiger partial charge in [0.2, 0.25) is 11.8 Å². The van der Waals surface area contributed by atoms with Gasteiger partial charge >= 0.3 is 12.2 Å². The molecule has 4 amide bonds. The van der Waals surface area contributed by atoms with Crippen LogP contribution in [0.15, 0.2) is 0 Å². The molecule has 174 valence electrons. The SMILES string of the molecule is CC(C)(C)OC(=O)NC(CO)C(=O)NCCNC(=O)C(CO)NC(=O)OC(C)(C)C. The molecule has 0 saturated heterocycles. The Hall–Kier alpha value is -2.60. The summed E-state index contributed by atoms with van der Waals surface area (Å²) in [4.78, 5) is 47.4. The van der Waals surface area contributed by atoms with Crippen molar-refractivity contribution in [1.82, 2.24) is 21.3 Å². The lowest BCUT2D eigenvalue weighted by Gasteiger charge is -2.23. The smallest absolute Gasteiger partial charge is 0.408 e. The Bertz CT molecular complexity index is 546. The number of amides is 4. The number of nitrogens with one attached hydrogen (secondary N) is 4. The van der Waals surface area contributed by atoms with Gasteiger partial charge in [-0.3, -0.25) is 9.59 Å². The largest absolute Gasteiger partial charge is 0.444 e. The van der Waals surface area contributed by atoms with Gasteiger partial charge in [-0.2, -0.15) is 0 Å². The molecular weight excluding hydrogens is 400 g/mol. The van der Waals surface area contributed by atoms with Crippen molar-refractivity contribution in [2.45, 2.75) is 64.8 Å². The van der Waals surface area contributed by atoms with E-state index in [0.29, 0.717) is 0 Å². The normalized spacial score (nSPS) is 13.5. The summed E-state index contributed by atoms with van der Waals surface area (Å²) < 4.78 is 10.0. The number of ether oxygens (including phenoxy) is 2. The molecule has 0 aromatic rings. The van der Waals surface area contributed by atoms with Gasteiger partial charge in [-0.15, -0.1) is 0 Å². The van der Waals surface area contributed by atoms with Crippen LogP contribution in [0.25, 0.3) is 0 Å². The van der Waals surface area contributed by atoms with Crippen molar-refractivity contribution in [2.75, 3.05) is 26.3 Å². The number of carbonyl (C=O) groups is 4. The second kappa shape index (κ2) is 12.2. The van der Waals surface area contributed by atoms with E-state index in [9.17, 15) is 29.4 Å². The molecule has 0 saturated carbocycles. The van der Waals surface area contributed by atoms with Gasteiger partial charge in [0.1, 0.15) is 23.3 Å². The van der Waals surface area contributed by atoms with Gasteiger partial charge < -0.3 is 41.0 Å². The van der Waals surface area contributed by atoms with E-state index >= 15 is 0 Å². The monoisotopic (exact) mass is 434 g/mol. The van der Waals surface area contributed by atoms with Crippen molar-refractivity contribution in [1.29, 1.82) is 0 Å². The Morgan fingerprint density at radius 1 is 0.700 bits per heavy atom. The summed E-state index contributed by atoms with van der Waals surface area (Å²) >= 11 is 0. The third-order valence-corrected chi connectivity index (χ3v) is 3.10. The van der Waals surface area contributed by atoms with Crippen LogP contribution in [0.4, 0.5) is 9.59 Å². The number of hydrogen-bond donors (Lipinski definition) is 6. The Morgan fingerprint density at radius 2 is 1.00 bits per heavy atom. The molecule has 0 spiro atoms. The lowest BCUT2D eigenvalue weighted by molar-refractivity contribution is -0.125. The summed E-state index contributed by atoms with van der Waals surface area (Å²) in [5.74, 6) is -1.36. The van der Waals surface area contributed by atoms with E-state index in [0.717, 1.165) is 0 Å².